The second kappa shape index (κ2) is 4.94. The Morgan fingerprint density at radius 3 is 2.73 bits per heavy atom. The van der Waals surface area contributed by atoms with Gasteiger partial charge in [-0.05, 0) is 30.2 Å². The van der Waals surface area contributed by atoms with Gasteiger partial charge in [0, 0.05) is 17.6 Å². The number of aromatic nitrogens is 1. The summed E-state index contributed by atoms with van der Waals surface area (Å²) in [5.74, 6) is 0.658. The lowest BCUT2D eigenvalue weighted by atomic mass is 10.1. The normalized spacial score (nSPS) is 10.2. The van der Waals surface area contributed by atoms with Crippen molar-refractivity contribution >= 4 is 11.6 Å². The van der Waals surface area contributed by atoms with Crippen molar-refractivity contribution in [2.45, 2.75) is 6.42 Å². The highest BCUT2D eigenvalue weighted by molar-refractivity contribution is 6.17. The van der Waals surface area contributed by atoms with Gasteiger partial charge >= 0.3 is 0 Å². The van der Waals surface area contributed by atoms with Crippen LogP contribution >= 0.6 is 11.6 Å². The van der Waals surface area contributed by atoms with E-state index in [0.717, 1.165) is 17.7 Å². The van der Waals surface area contributed by atoms with Crippen LogP contribution in [0.2, 0.25) is 0 Å². The first-order valence-electron chi connectivity index (χ1n) is 4.96. The van der Waals surface area contributed by atoms with Crippen LogP contribution in [0.25, 0.3) is 11.3 Å². The van der Waals surface area contributed by atoms with E-state index in [1.807, 2.05) is 30.5 Å². The van der Waals surface area contributed by atoms with Gasteiger partial charge in [-0.3, -0.25) is 4.98 Å². The van der Waals surface area contributed by atoms with Crippen molar-refractivity contribution in [3.8, 4) is 11.3 Å². The minimum atomic E-state index is 0.658. The molecule has 0 aliphatic carbocycles. The van der Waals surface area contributed by atoms with E-state index >= 15 is 0 Å². The van der Waals surface area contributed by atoms with Gasteiger partial charge in [0.1, 0.15) is 0 Å². The Bertz CT molecular complexity index is 426. The fraction of sp³-hybridized carbons (Fsp3) is 0.154. The van der Waals surface area contributed by atoms with Crippen LogP contribution in [0.3, 0.4) is 0 Å². The van der Waals surface area contributed by atoms with E-state index in [1.165, 1.54) is 5.56 Å². The fourth-order valence-electron chi connectivity index (χ4n) is 1.53. The molecule has 0 saturated heterocycles. The molecule has 0 aliphatic rings. The number of hydrogen-bond acceptors (Lipinski definition) is 1. The largest absolute Gasteiger partial charge is 0.256 e. The Morgan fingerprint density at radius 2 is 2.00 bits per heavy atom. The lowest BCUT2D eigenvalue weighted by Crippen LogP contribution is -1.88. The minimum absolute atomic E-state index is 0.658. The molecule has 0 N–H and O–H groups in total. The predicted molar refractivity (Wildman–Crippen MR) is 64.1 cm³/mol. The first-order valence-corrected chi connectivity index (χ1v) is 5.50. The molecule has 0 radical (unpaired) electrons. The van der Waals surface area contributed by atoms with Crippen LogP contribution in [-0.2, 0) is 6.42 Å². The molecule has 2 aromatic rings. The molecular weight excluding hydrogens is 206 g/mol. The van der Waals surface area contributed by atoms with Crippen LogP contribution in [0.4, 0.5) is 0 Å². The van der Waals surface area contributed by atoms with Crippen LogP contribution in [0.15, 0.2) is 48.7 Å². The summed E-state index contributed by atoms with van der Waals surface area (Å²) < 4.78 is 0. The van der Waals surface area contributed by atoms with Crippen LogP contribution < -0.4 is 0 Å². The van der Waals surface area contributed by atoms with Gasteiger partial charge in [0.2, 0.25) is 0 Å². The van der Waals surface area contributed by atoms with Gasteiger partial charge in [0.05, 0.1) is 5.69 Å². The van der Waals surface area contributed by atoms with Crippen LogP contribution in [0.5, 0.6) is 0 Å². The Labute approximate surface area is 94.7 Å². The summed E-state index contributed by atoms with van der Waals surface area (Å²) in [7, 11) is 0. The molecule has 0 fully saturated rings. The molecule has 2 heteroatoms. The van der Waals surface area contributed by atoms with Crippen LogP contribution in [0.1, 0.15) is 5.56 Å². The van der Waals surface area contributed by atoms with Gasteiger partial charge < -0.3 is 0 Å². The number of aryl methyl sites for hydroxylation is 1. The standard InChI is InChI=1S/C13H12ClN/c14-8-7-11-4-3-5-12(10-11)13-6-1-2-9-15-13/h1-6,9-10H,7-8H2. The zero-order chi connectivity index (χ0) is 10.5. The van der Waals surface area contributed by atoms with E-state index in [9.17, 15) is 0 Å². The van der Waals surface area contributed by atoms with Gasteiger partial charge in [0.25, 0.3) is 0 Å². The molecule has 0 atom stereocenters. The molecule has 76 valence electrons. The summed E-state index contributed by atoms with van der Waals surface area (Å²) in [5, 5.41) is 0. The molecule has 0 amide bonds. The third kappa shape index (κ3) is 2.57. The highest BCUT2D eigenvalue weighted by Crippen LogP contribution is 2.17. The van der Waals surface area contributed by atoms with E-state index in [4.69, 9.17) is 11.6 Å². The second-order valence-electron chi connectivity index (χ2n) is 3.35. The molecule has 0 spiro atoms. The molecule has 0 bridgehead atoms. The van der Waals surface area contributed by atoms with Gasteiger partial charge in [-0.25, -0.2) is 0 Å². The highest BCUT2D eigenvalue weighted by atomic mass is 35.5. The smallest absolute Gasteiger partial charge is 0.0702 e. The fourth-order valence-corrected chi connectivity index (χ4v) is 1.75. The average molecular weight is 218 g/mol. The zero-order valence-corrected chi connectivity index (χ0v) is 9.11. The highest BCUT2D eigenvalue weighted by Gasteiger charge is 1.99. The summed E-state index contributed by atoms with van der Waals surface area (Å²) >= 11 is 5.72. The van der Waals surface area contributed by atoms with Crippen molar-refractivity contribution in [1.29, 1.82) is 0 Å². The van der Waals surface area contributed by atoms with E-state index in [1.54, 1.807) is 0 Å². The summed E-state index contributed by atoms with van der Waals surface area (Å²) in [6, 6.07) is 14.3. The third-order valence-corrected chi connectivity index (χ3v) is 2.46. The van der Waals surface area contributed by atoms with Crippen molar-refractivity contribution < 1.29 is 0 Å². The summed E-state index contributed by atoms with van der Waals surface area (Å²) in [4.78, 5) is 4.32. The van der Waals surface area contributed by atoms with Crippen molar-refractivity contribution in [1.82, 2.24) is 4.98 Å². The first-order chi connectivity index (χ1) is 7.40. The number of hydrogen-bond donors (Lipinski definition) is 0. The van der Waals surface area contributed by atoms with Gasteiger partial charge in [-0.15, -0.1) is 11.6 Å². The minimum Gasteiger partial charge on any atom is -0.256 e. The van der Waals surface area contributed by atoms with Crippen molar-refractivity contribution in [2.75, 3.05) is 5.88 Å². The summed E-state index contributed by atoms with van der Waals surface area (Å²) in [6.07, 6.45) is 2.71. The molecule has 1 nitrogen and oxygen atoms in total. The molecule has 2 rings (SSSR count). The number of alkyl halides is 1. The van der Waals surface area contributed by atoms with Crippen molar-refractivity contribution in [2.24, 2.45) is 0 Å². The number of pyridine rings is 1. The Hall–Kier alpha value is -1.34. The molecule has 0 saturated carbocycles. The van der Waals surface area contributed by atoms with E-state index in [2.05, 4.69) is 23.2 Å². The van der Waals surface area contributed by atoms with E-state index in [0.29, 0.717) is 5.88 Å². The van der Waals surface area contributed by atoms with Crippen LogP contribution in [0, 0.1) is 0 Å². The molecule has 15 heavy (non-hydrogen) atoms. The van der Waals surface area contributed by atoms with Gasteiger partial charge in [-0.2, -0.15) is 0 Å². The maximum absolute atomic E-state index is 5.72. The molecule has 0 aliphatic heterocycles. The molecule has 1 aromatic carbocycles. The number of nitrogens with zero attached hydrogens (tertiary/aromatic N) is 1. The molecular formula is C13H12ClN. The molecule has 1 aromatic heterocycles. The topological polar surface area (TPSA) is 12.9 Å². The number of rotatable bonds is 3. The molecule has 1 heterocycles. The van der Waals surface area contributed by atoms with E-state index < -0.39 is 0 Å². The van der Waals surface area contributed by atoms with Crippen molar-refractivity contribution in [3.05, 3.63) is 54.2 Å². The van der Waals surface area contributed by atoms with E-state index in [-0.39, 0.29) is 0 Å². The monoisotopic (exact) mass is 217 g/mol. The first kappa shape index (κ1) is 10.2. The quantitative estimate of drug-likeness (QED) is 0.717. The maximum atomic E-state index is 5.72. The SMILES string of the molecule is ClCCc1cccc(-c2ccccn2)c1. The van der Waals surface area contributed by atoms with Gasteiger partial charge in [0.15, 0.2) is 0 Å². The Morgan fingerprint density at radius 1 is 1.07 bits per heavy atom. The van der Waals surface area contributed by atoms with Crippen molar-refractivity contribution in [3.63, 3.8) is 0 Å². The Balaban J connectivity index is 2.33. The summed E-state index contributed by atoms with van der Waals surface area (Å²) in [6.45, 7) is 0. The number of benzene rings is 1. The average Bonchev–Trinajstić information content (AvgIpc) is 2.31. The number of halogens is 1. The van der Waals surface area contributed by atoms with Crippen LogP contribution in [-0.4, -0.2) is 10.9 Å². The van der Waals surface area contributed by atoms with Gasteiger partial charge in [-0.1, -0.05) is 24.3 Å². The zero-order valence-electron chi connectivity index (χ0n) is 8.36. The molecule has 0 unspecified atom stereocenters. The maximum Gasteiger partial charge on any atom is 0.0702 e. The third-order valence-electron chi connectivity index (χ3n) is 2.27. The Kier molecular flexibility index (Phi) is 3.36. The predicted octanol–water partition coefficient (Wildman–Crippen LogP) is 3.53. The lowest BCUT2D eigenvalue weighted by Gasteiger charge is -2.03. The second-order valence-corrected chi connectivity index (χ2v) is 3.73. The summed E-state index contributed by atoms with van der Waals surface area (Å²) in [5.41, 5.74) is 3.42. The lowest BCUT2D eigenvalue weighted by molar-refractivity contribution is 1.15.